The zero-order valence-corrected chi connectivity index (χ0v) is 27.6. The second-order valence-corrected chi connectivity index (χ2v) is 11.0. The van der Waals surface area contributed by atoms with Crippen molar-refractivity contribution in [1.29, 1.82) is 0 Å². The number of ether oxygens (including phenoxy) is 3. The molecule has 2 atom stereocenters. The van der Waals surface area contributed by atoms with E-state index in [0.717, 1.165) is 0 Å². The number of alkyl halides is 2. The smallest absolute Gasteiger partial charge is 0.426 e. The molecule has 5 N–H and O–H groups in total. The SMILES string of the molecule is COC(CCCCl)(C(=O)NN)c1ccc(F)cc1.COC(CCCCl)(C(=O)NNC(=O)OC(C)(C)C)c1ccc(F)cc1.Cl. The fraction of sp³-hybridized carbons (Fsp3) is 0.483. The number of carbonyl (C=O) groups excluding carboxylic acids is 3. The summed E-state index contributed by atoms with van der Waals surface area (Å²) in [4.78, 5) is 36.4. The Morgan fingerprint density at radius 2 is 1.14 bits per heavy atom. The number of hydrazine groups is 2. The minimum Gasteiger partial charge on any atom is -0.443 e. The van der Waals surface area contributed by atoms with E-state index in [4.69, 9.17) is 43.3 Å². The van der Waals surface area contributed by atoms with Gasteiger partial charge in [0.2, 0.25) is 0 Å². The molecule has 0 aliphatic heterocycles. The highest BCUT2D eigenvalue weighted by Crippen LogP contribution is 2.32. The molecule has 44 heavy (non-hydrogen) atoms. The molecule has 0 aliphatic carbocycles. The van der Waals surface area contributed by atoms with Crippen LogP contribution in [0.2, 0.25) is 0 Å². The summed E-state index contributed by atoms with van der Waals surface area (Å²) in [6, 6.07) is 10.9. The van der Waals surface area contributed by atoms with E-state index in [1.165, 1.54) is 62.8 Å². The van der Waals surface area contributed by atoms with Gasteiger partial charge in [-0.3, -0.25) is 20.4 Å². The molecule has 0 fully saturated rings. The highest BCUT2D eigenvalue weighted by atomic mass is 35.5. The van der Waals surface area contributed by atoms with Crippen LogP contribution in [-0.4, -0.2) is 49.5 Å². The number of nitrogens with one attached hydrogen (secondary N) is 3. The molecular weight excluding hydrogens is 645 g/mol. The number of benzene rings is 2. The molecule has 3 amide bonds. The number of nitrogens with two attached hydrogens (primary N) is 1. The molecule has 0 saturated carbocycles. The van der Waals surface area contributed by atoms with Crippen LogP contribution in [0.1, 0.15) is 57.6 Å². The molecule has 0 aliphatic rings. The topological polar surface area (TPSA) is 141 Å². The van der Waals surface area contributed by atoms with Gasteiger partial charge in [-0.25, -0.2) is 24.8 Å². The minimum absolute atomic E-state index is 0. The van der Waals surface area contributed by atoms with Gasteiger partial charge >= 0.3 is 6.09 Å². The molecule has 10 nitrogen and oxygen atoms in total. The number of halogens is 5. The van der Waals surface area contributed by atoms with Crippen LogP contribution in [-0.2, 0) is 35.0 Å². The van der Waals surface area contributed by atoms with Gasteiger partial charge in [-0.05, 0) is 81.8 Å². The fourth-order valence-electron chi connectivity index (χ4n) is 4.10. The maximum Gasteiger partial charge on any atom is 0.426 e. The number of hydrogen-bond acceptors (Lipinski definition) is 7. The summed E-state index contributed by atoms with van der Waals surface area (Å²) in [5.74, 6) is 3.99. The van der Waals surface area contributed by atoms with Gasteiger partial charge in [0.1, 0.15) is 17.2 Å². The van der Waals surface area contributed by atoms with Crippen LogP contribution in [0.5, 0.6) is 0 Å². The maximum atomic E-state index is 13.2. The van der Waals surface area contributed by atoms with Crippen LogP contribution in [0.25, 0.3) is 0 Å². The lowest BCUT2D eigenvalue weighted by Gasteiger charge is -2.31. The van der Waals surface area contributed by atoms with E-state index in [9.17, 15) is 23.2 Å². The van der Waals surface area contributed by atoms with E-state index in [0.29, 0.717) is 42.1 Å². The van der Waals surface area contributed by atoms with E-state index in [2.05, 4.69) is 16.3 Å². The third-order valence-corrected chi connectivity index (χ3v) is 6.72. The largest absolute Gasteiger partial charge is 0.443 e. The van der Waals surface area contributed by atoms with Crippen LogP contribution in [0.15, 0.2) is 48.5 Å². The van der Waals surface area contributed by atoms with E-state index in [1.54, 1.807) is 20.8 Å². The maximum absolute atomic E-state index is 13.2. The number of hydrogen-bond donors (Lipinski definition) is 4. The van der Waals surface area contributed by atoms with Crippen molar-refractivity contribution in [2.45, 2.75) is 63.3 Å². The average Bonchev–Trinajstić information content (AvgIpc) is 2.98. The minimum atomic E-state index is -1.42. The molecule has 2 aromatic carbocycles. The second-order valence-electron chi connectivity index (χ2n) is 10.2. The van der Waals surface area contributed by atoms with Crippen LogP contribution in [0, 0.1) is 11.6 Å². The predicted molar refractivity (Wildman–Crippen MR) is 167 cm³/mol. The molecule has 2 rings (SSSR count). The predicted octanol–water partition coefficient (Wildman–Crippen LogP) is 5.34. The fourth-order valence-corrected chi connectivity index (χ4v) is 4.37. The van der Waals surface area contributed by atoms with Crippen LogP contribution in [0.3, 0.4) is 0 Å². The van der Waals surface area contributed by atoms with E-state index in [1.807, 2.05) is 0 Å². The highest BCUT2D eigenvalue weighted by Gasteiger charge is 2.41. The Hall–Kier alpha value is -2.74. The van der Waals surface area contributed by atoms with Crippen molar-refractivity contribution in [3.63, 3.8) is 0 Å². The standard InChI is InChI=1S/C17H24ClFN2O4.C12H16ClFN2O2.ClH/c1-16(2,3)25-15(23)21-20-14(22)17(24-4,10-5-11-18)12-6-8-13(19)9-7-12;1-18-12(7-2-8-13,11(17)16-15)9-3-5-10(14)6-4-9;/h6-9H,5,10-11H2,1-4H3,(H,20,22)(H,21,23);3-6H,2,7-8,15H2,1H3,(H,16,17);1H. The summed E-state index contributed by atoms with van der Waals surface area (Å²) in [5, 5.41) is 0. The van der Waals surface area contributed by atoms with E-state index in [-0.39, 0.29) is 24.6 Å². The number of methoxy groups -OCH3 is 2. The first-order valence-corrected chi connectivity index (χ1v) is 14.4. The first kappa shape index (κ1) is 41.3. The summed E-state index contributed by atoms with van der Waals surface area (Å²) in [6.07, 6.45) is 0.858. The summed E-state index contributed by atoms with van der Waals surface area (Å²) in [7, 11) is 2.78. The van der Waals surface area contributed by atoms with Crippen molar-refractivity contribution < 1.29 is 37.4 Å². The lowest BCUT2D eigenvalue weighted by molar-refractivity contribution is -0.147. The van der Waals surface area contributed by atoms with Crippen molar-refractivity contribution in [2.75, 3.05) is 26.0 Å². The Morgan fingerprint density at radius 1 is 0.750 bits per heavy atom. The molecule has 2 aromatic rings. The van der Waals surface area contributed by atoms with E-state index >= 15 is 0 Å². The highest BCUT2D eigenvalue weighted by molar-refractivity contribution is 6.18. The van der Waals surface area contributed by atoms with Gasteiger partial charge in [-0.15, -0.1) is 35.6 Å². The summed E-state index contributed by atoms with van der Waals surface area (Å²) in [5.41, 5.74) is 4.19. The third-order valence-electron chi connectivity index (χ3n) is 6.18. The summed E-state index contributed by atoms with van der Waals surface area (Å²) >= 11 is 11.4. The molecule has 248 valence electrons. The van der Waals surface area contributed by atoms with E-state index < -0.39 is 40.5 Å². The first-order valence-electron chi connectivity index (χ1n) is 13.3. The Balaban J connectivity index is 0.000000863. The van der Waals surface area contributed by atoms with Crippen molar-refractivity contribution >= 4 is 53.5 Å². The molecule has 0 spiro atoms. The summed E-state index contributed by atoms with van der Waals surface area (Å²) in [6.45, 7) is 5.10. The van der Waals surface area contributed by atoms with Crippen molar-refractivity contribution in [3.8, 4) is 0 Å². The van der Waals surface area contributed by atoms with Crippen molar-refractivity contribution in [3.05, 3.63) is 71.3 Å². The third kappa shape index (κ3) is 12.0. The van der Waals surface area contributed by atoms with Gasteiger partial charge in [-0.1, -0.05) is 24.3 Å². The van der Waals surface area contributed by atoms with Crippen LogP contribution in [0.4, 0.5) is 13.6 Å². The Bertz CT molecular complexity index is 1170. The molecule has 0 bridgehead atoms. The van der Waals surface area contributed by atoms with Gasteiger partial charge < -0.3 is 14.2 Å². The summed E-state index contributed by atoms with van der Waals surface area (Å²) < 4.78 is 42.0. The first-order chi connectivity index (χ1) is 20.2. The zero-order valence-electron chi connectivity index (χ0n) is 25.3. The quantitative estimate of drug-likeness (QED) is 0.102. The number of carbonyl (C=O) groups is 3. The Kier molecular flexibility index (Phi) is 18.4. The molecule has 0 aromatic heterocycles. The van der Waals surface area contributed by atoms with Crippen LogP contribution >= 0.6 is 35.6 Å². The Labute approximate surface area is 273 Å². The van der Waals surface area contributed by atoms with Gasteiger partial charge in [0, 0.05) is 26.0 Å². The number of rotatable bonds is 12. The molecule has 2 unspecified atom stereocenters. The average molecular weight is 686 g/mol. The molecule has 0 heterocycles. The molecular formula is C29H41Cl3F2N4O6. The normalized spacial score (nSPS) is 13.5. The lowest BCUT2D eigenvalue weighted by Crippen LogP contribution is -2.53. The van der Waals surface area contributed by atoms with Crippen molar-refractivity contribution in [2.24, 2.45) is 5.84 Å². The van der Waals surface area contributed by atoms with Gasteiger partial charge in [0.15, 0.2) is 11.2 Å². The second kappa shape index (κ2) is 19.6. The van der Waals surface area contributed by atoms with Gasteiger partial charge in [-0.2, -0.15) is 0 Å². The lowest BCUT2D eigenvalue weighted by atomic mass is 9.88. The number of amides is 3. The molecule has 15 heteroatoms. The van der Waals surface area contributed by atoms with Crippen LogP contribution < -0.4 is 22.1 Å². The monoisotopic (exact) mass is 684 g/mol. The molecule has 0 radical (unpaired) electrons. The van der Waals surface area contributed by atoms with Gasteiger partial charge in [0.25, 0.3) is 11.8 Å². The zero-order chi connectivity index (χ0) is 32.7. The van der Waals surface area contributed by atoms with Gasteiger partial charge in [0.05, 0.1) is 0 Å². The Morgan fingerprint density at radius 3 is 1.45 bits per heavy atom. The molecule has 0 saturated heterocycles. The van der Waals surface area contributed by atoms with Crippen molar-refractivity contribution in [1.82, 2.24) is 16.3 Å².